The van der Waals surface area contributed by atoms with Crippen molar-refractivity contribution < 1.29 is 17.9 Å². The summed E-state index contributed by atoms with van der Waals surface area (Å²) in [5.74, 6) is 1.49. The number of hydrogen-bond acceptors (Lipinski definition) is 10. The molecule has 202 valence electrons. The minimum atomic E-state index is -3.39. The standard InChI is InChI=1S/C25H31N7O4S2/c1-38(33,34)32(6-5-30-7-11-35-12-8-30)17-18-15-22-23(37-18)25(31-9-13-36-14-10-31)28-24(27-22)19-3-2-4-21-20(19)16-26-29-21/h2-4,15-16H,5-14,17H2,1H3,(H,26,29). The molecule has 1 N–H and O–H groups in total. The molecule has 1 aromatic carbocycles. The van der Waals surface area contributed by atoms with Gasteiger partial charge >= 0.3 is 0 Å². The highest BCUT2D eigenvalue weighted by Crippen LogP contribution is 2.36. The number of aromatic amines is 1. The molecule has 0 spiro atoms. The Bertz CT molecular complexity index is 1530. The smallest absolute Gasteiger partial charge is 0.211 e. The third-order valence-electron chi connectivity index (χ3n) is 7.01. The highest BCUT2D eigenvalue weighted by Gasteiger charge is 2.24. The van der Waals surface area contributed by atoms with Gasteiger partial charge in [-0.05, 0) is 12.1 Å². The molecule has 4 aromatic rings. The summed E-state index contributed by atoms with van der Waals surface area (Å²) in [5, 5.41) is 8.17. The van der Waals surface area contributed by atoms with E-state index in [2.05, 4.69) is 20.0 Å². The molecule has 2 saturated heterocycles. The molecule has 6 rings (SSSR count). The van der Waals surface area contributed by atoms with Crippen molar-refractivity contribution in [3.8, 4) is 11.4 Å². The lowest BCUT2D eigenvalue weighted by Crippen LogP contribution is -2.42. The van der Waals surface area contributed by atoms with Crippen LogP contribution in [0.4, 0.5) is 5.82 Å². The molecule has 0 atom stereocenters. The molecule has 0 unspecified atom stereocenters. The highest BCUT2D eigenvalue weighted by atomic mass is 32.2. The molecule has 11 nitrogen and oxygen atoms in total. The zero-order valence-electron chi connectivity index (χ0n) is 21.3. The normalized spacial score (nSPS) is 17.7. The molecule has 13 heteroatoms. The molecule has 0 bridgehead atoms. The number of sulfonamides is 1. The number of thiophene rings is 1. The molecule has 0 amide bonds. The molecule has 2 aliphatic heterocycles. The Kier molecular flexibility index (Phi) is 7.29. The molecule has 0 radical (unpaired) electrons. The van der Waals surface area contributed by atoms with Gasteiger partial charge in [-0.1, -0.05) is 12.1 Å². The van der Waals surface area contributed by atoms with Crippen LogP contribution >= 0.6 is 11.3 Å². The summed E-state index contributed by atoms with van der Waals surface area (Å²) in [4.78, 5) is 15.4. The van der Waals surface area contributed by atoms with Gasteiger partial charge in [0.05, 0.1) is 54.6 Å². The Balaban J connectivity index is 1.36. The third kappa shape index (κ3) is 5.40. The van der Waals surface area contributed by atoms with Gasteiger partial charge in [0.25, 0.3) is 0 Å². The number of anilines is 1. The predicted octanol–water partition coefficient (Wildman–Crippen LogP) is 2.17. The average molecular weight is 558 g/mol. The number of aromatic nitrogens is 4. The van der Waals surface area contributed by atoms with Crippen molar-refractivity contribution in [1.29, 1.82) is 0 Å². The average Bonchev–Trinajstić information content (AvgIpc) is 3.57. The van der Waals surface area contributed by atoms with Gasteiger partial charge in [0.1, 0.15) is 0 Å². The monoisotopic (exact) mass is 557 g/mol. The van der Waals surface area contributed by atoms with Gasteiger partial charge in [-0.25, -0.2) is 18.4 Å². The largest absolute Gasteiger partial charge is 0.379 e. The van der Waals surface area contributed by atoms with Crippen molar-refractivity contribution in [2.75, 3.05) is 76.9 Å². The van der Waals surface area contributed by atoms with Crippen molar-refractivity contribution in [1.82, 2.24) is 29.4 Å². The second-order valence-corrected chi connectivity index (χ2v) is 12.7. The number of nitrogens with one attached hydrogen (secondary N) is 1. The summed E-state index contributed by atoms with van der Waals surface area (Å²) in [5.41, 5.74) is 2.65. The molecule has 2 fully saturated rings. The van der Waals surface area contributed by atoms with Crippen LogP contribution in [0.2, 0.25) is 0 Å². The molecule has 3 aromatic heterocycles. The van der Waals surface area contributed by atoms with Gasteiger partial charge in [0.2, 0.25) is 10.0 Å². The van der Waals surface area contributed by atoms with Crippen LogP contribution < -0.4 is 4.90 Å². The van der Waals surface area contributed by atoms with E-state index in [0.717, 1.165) is 63.6 Å². The second kappa shape index (κ2) is 10.8. The lowest BCUT2D eigenvalue weighted by Gasteiger charge is -2.29. The van der Waals surface area contributed by atoms with E-state index in [1.165, 1.54) is 6.26 Å². The van der Waals surface area contributed by atoms with E-state index < -0.39 is 10.0 Å². The van der Waals surface area contributed by atoms with E-state index in [1.54, 1.807) is 21.8 Å². The summed E-state index contributed by atoms with van der Waals surface area (Å²) in [7, 11) is -3.39. The van der Waals surface area contributed by atoms with Crippen LogP contribution in [0, 0.1) is 0 Å². The highest BCUT2D eigenvalue weighted by molar-refractivity contribution is 7.88. The quantitative estimate of drug-likeness (QED) is 0.348. The lowest BCUT2D eigenvalue weighted by molar-refractivity contribution is 0.0362. The van der Waals surface area contributed by atoms with Crippen molar-refractivity contribution in [2.24, 2.45) is 0 Å². The molecule has 0 saturated carbocycles. The number of morpholine rings is 2. The van der Waals surface area contributed by atoms with Crippen molar-refractivity contribution >= 4 is 48.3 Å². The number of nitrogens with zero attached hydrogens (tertiary/aromatic N) is 6. The van der Waals surface area contributed by atoms with Crippen molar-refractivity contribution in [2.45, 2.75) is 6.54 Å². The van der Waals surface area contributed by atoms with E-state index >= 15 is 0 Å². The minimum absolute atomic E-state index is 0.305. The molecule has 0 aliphatic carbocycles. The Morgan fingerprint density at radius 1 is 1.08 bits per heavy atom. The summed E-state index contributed by atoms with van der Waals surface area (Å²) < 4.78 is 38.9. The first kappa shape index (κ1) is 25.6. The van der Waals surface area contributed by atoms with Crippen LogP contribution in [0.3, 0.4) is 0 Å². The van der Waals surface area contributed by atoms with E-state index in [4.69, 9.17) is 19.4 Å². The SMILES string of the molecule is CS(=O)(=O)N(CCN1CCOCC1)Cc1cc2nc(-c3cccc4[nH]ncc34)nc(N3CCOCC3)c2s1. The van der Waals surface area contributed by atoms with Gasteiger partial charge < -0.3 is 14.4 Å². The summed E-state index contributed by atoms with van der Waals surface area (Å²) >= 11 is 1.57. The van der Waals surface area contributed by atoms with Crippen molar-refractivity contribution in [3.05, 3.63) is 35.3 Å². The zero-order valence-corrected chi connectivity index (χ0v) is 22.9. The van der Waals surface area contributed by atoms with E-state index in [9.17, 15) is 8.42 Å². The molecule has 2 aliphatic rings. The lowest BCUT2D eigenvalue weighted by atomic mass is 10.1. The Morgan fingerprint density at radius 3 is 2.61 bits per heavy atom. The van der Waals surface area contributed by atoms with Gasteiger partial charge in [-0.15, -0.1) is 11.3 Å². The maximum Gasteiger partial charge on any atom is 0.211 e. The topological polar surface area (TPSA) is 117 Å². The number of benzene rings is 1. The molecular formula is C25H31N7O4S2. The van der Waals surface area contributed by atoms with Gasteiger partial charge in [0, 0.05) is 61.6 Å². The van der Waals surface area contributed by atoms with Crippen LogP contribution in [-0.2, 0) is 26.0 Å². The fraction of sp³-hybridized carbons (Fsp3) is 0.480. The Labute approximate surface area is 225 Å². The zero-order chi connectivity index (χ0) is 26.1. The summed E-state index contributed by atoms with van der Waals surface area (Å²) in [6.07, 6.45) is 3.08. The van der Waals surface area contributed by atoms with E-state index in [1.807, 2.05) is 24.3 Å². The van der Waals surface area contributed by atoms with Crippen LogP contribution in [0.1, 0.15) is 4.88 Å². The van der Waals surface area contributed by atoms with E-state index in [0.29, 0.717) is 51.9 Å². The van der Waals surface area contributed by atoms with Gasteiger partial charge in [0.15, 0.2) is 11.6 Å². The third-order valence-corrected chi connectivity index (χ3v) is 9.37. The Morgan fingerprint density at radius 2 is 1.84 bits per heavy atom. The van der Waals surface area contributed by atoms with Crippen LogP contribution in [0.25, 0.3) is 32.5 Å². The summed E-state index contributed by atoms with van der Waals surface area (Å²) in [6, 6.07) is 7.96. The molecule has 5 heterocycles. The molecule has 38 heavy (non-hydrogen) atoms. The first-order valence-corrected chi connectivity index (χ1v) is 15.4. The second-order valence-electron chi connectivity index (χ2n) is 9.58. The van der Waals surface area contributed by atoms with Gasteiger partial charge in [-0.2, -0.15) is 9.40 Å². The first-order valence-electron chi connectivity index (χ1n) is 12.8. The number of ether oxygens (including phenoxy) is 2. The number of fused-ring (bicyclic) bond motifs is 2. The van der Waals surface area contributed by atoms with Crippen LogP contribution in [0.5, 0.6) is 0 Å². The fourth-order valence-corrected chi connectivity index (χ4v) is 6.93. The maximum absolute atomic E-state index is 12.7. The predicted molar refractivity (Wildman–Crippen MR) is 148 cm³/mol. The minimum Gasteiger partial charge on any atom is -0.379 e. The van der Waals surface area contributed by atoms with Crippen LogP contribution in [0.15, 0.2) is 30.5 Å². The molecular weight excluding hydrogens is 526 g/mol. The van der Waals surface area contributed by atoms with E-state index in [-0.39, 0.29) is 0 Å². The number of H-pyrrole nitrogens is 1. The first-order chi connectivity index (χ1) is 18.5. The van der Waals surface area contributed by atoms with Crippen LogP contribution in [-0.4, -0.2) is 110 Å². The summed E-state index contributed by atoms with van der Waals surface area (Å²) in [6.45, 7) is 7.20. The Hall–Kier alpha value is -2.68. The number of hydrogen-bond donors (Lipinski definition) is 1. The van der Waals surface area contributed by atoms with Crippen molar-refractivity contribution in [3.63, 3.8) is 0 Å². The van der Waals surface area contributed by atoms with Gasteiger partial charge in [-0.3, -0.25) is 10.00 Å². The number of rotatable bonds is 8. The fourth-order valence-electron chi connectivity index (χ4n) is 4.93. The maximum atomic E-state index is 12.7.